The SMILES string of the molecule is C[C@H]1CCCC[C@H]1NC(=S)NNC(=S)Nc1ccc(F)cc1. The summed E-state index contributed by atoms with van der Waals surface area (Å²) < 4.78 is 12.8. The second kappa shape index (κ2) is 8.24. The van der Waals surface area contributed by atoms with Gasteiger partial charge in [0.25, 0.3) is 0 Å². The first-order valence-corrected chi connectivity index (χ1v) is 8.25. The predicted molar refractivity (Wildman–Crippen MR) is 96.0 cm³/mol. The molecule has 1 aromatic carbocycles. The highest BCUT2D eigenvalue weighted by Gasteiger charge is 2.21. The van der Waals surface area contributed by atoms with Crippen LogP contribution in [0.25, 0.3) is 0 Å². The summed E-state index contributed by atoms with van der Waals surface area (Å²) in [5.74, 6) is 0.340. The Morgan fingerprint density at radius 2 is 1.68 bits per heavy atom. The predicted octanol–water partition coefficient (Wildman–Crippen LogP) is 3.07. The third-order valence-electron chi connectivity index (χ3n) is 3.82. The molecule has 0 spiro atoms. The number of nitrogens with one attached hydrogen (secondary N) is 4. The Bertz CT molecular complexity index is 521. The molecule has 2 atom stereocenters. The van der Waals surface area contributed by atoms with Crippen molar-refractivity contribution in [2.24, 2.45) is 5.92 Å². The highest BCUT2D eigenvalue weighted by atomic mass is 32.1. The number of thiocarbonyl (C=S) groups is 2. The molecule has 1 fully saturated rings. The standard InChI is InChI=1S/C15H21FN4S2/c1-10-4-2-3-5-13(10)18-15(22)20-19-14(21)17-12-8-6-11(16)7-9-12/h6-10,13H,2-5H2,1H3,(H2,17,19,21)(H2,18,20,22)/t10-,13+/m0/s1. The van der Waals surface area contributed by atoms with E-state index in [1.807, 2.05) is 0 Å². The quantitative estimate of drug-likeness (QED) is 0.490. The van der Waals surface area contributed by atoms with E-state index in [0.29, 0.717) is 27.9 Å². The average molecular weight is 340 g/mol. The third kappa shape index (κ3) is 5.38. The summed E-state index contributed by atoms with van der Waals surface area (Å²) in [5.41, 5.74) is 6.41. The molecule has 1 aliphatic rings. The van der Waals surface area contributed by atoms with Gasteiger partial charge in [0.15, 0.2) is 10.2 Å². The average Bonchev–Trinajstić information content (AvgIpc) is 2.50. The Kier molecular flexibility index (Phi) is 6.33. The fourth-order valence-corrected chi connectivity index (χ4v) is 2.92. The maximum Gasteiger partial charge on any atom is 0.189 e. The molecule has 22 heavy (non-hydrogen) atoms. The van der Waals surface area contributed by atoms with Crippen molar-refractivity contribution in [1.29, 1.82) is 0 Å². The number of halogens is 1. The van der Waals surface area contributed by atoms with Crippen molar-refractivity contribution >= 4 is 40.3 Å². The van der Waals surface area contributed by atoms with Gasteiger partial charge >= 0.3 is 0 Å². The zero-order valence-electron chi connectivity index (χ0n) is 12.5. The lowest BCUT2D eigenvalue weighted by atomic mass is 9.86. The van der Waals surface area contributed by atoms with Crippen LogP contribution in [0.2, 0.25) is 0 Å². The van der Waals surface area contributed by atoms with Gasteiger partial charge in [-0.15, -0.1) is 0 Å². The van der Waals surface area contributed by atoms with Crippen LogP contribution in [0.4, 0.5) is 10.1 Å². The molecule has 1 aromatic rings. The molecule has 0 heterocycles. The Morgan fingerprint density at radius 3 is 2.36 bits per heavy atom. The summed E-state index contributed by atoms with van der Waals surface area (Å²) >= 11 is 10.4. The number of benzene rings is 1. The van der Waals surface area contributed by atoms with Crippen LogP contribution in [0, 0.1) is 11.7 Å². The number of hydrazine groups is 1. The van der Waals surface area contributed by atoms with Gasteiger partial charge in [-0.25, -0.2) is 4.39 Å². The van der Waals surface area contributed by atoms with E-state index in [2.05, 4.69) is 28.4 Å². The van der Waals surface area contributed by atoms with Crippen LogP contribution in [0.15, 0.2) is 24.3 Å². The van der Waals surface area contributed by atoms with Gasteiger partial charge in [0.2, 0.25) is 0 Å². The Labute approximate surface area is 141 Å². The first-order valence-electron chi connectivity index (χ1n) is 7.43. The molecule has 1 saturated carbocycles. The van der Waals surface area contributed by atoms with Crippen LogP contribution in [0.3, 0.4) is 0 Å². The van der Waals surface area contributed by atoms with Crippen molar-refractivity contribution in [2.75, 3.05) is 5.32 Å². The molecule has 0 saturated heterocycles. The highest BCUT2D eigenvalue weighted by Crippen LogP contribution is 2.23. The van der Waals surface area contributed by atoms with E-state index in [-0.39, 0.29) is 5.82 Å². The van der Waals surface area contributed by atoms with Gasteiger partial charge in [0.05, 0.1) is 0 Å². The van der Waals surface area contributed by atoms with Crippen LogP contribution in [0.5, 0.6) is 0 Å². The topological polar surface area (TPSA) is 48.1 Å². The highest BCUT2D eigenvalue weighted by molar-refractivity contribution is 7.80. The van der Waals surface area contributed by atoms with Gasteiger partial charge in [-0.2, -0.15) is 0 Å². The molecule has 0 amide bonds. The summed E-state index contributed by atoms with van der Waals surface area (Å²) in [6, 6.07) is 6.38. The lowest BCUT2D eigenvalue weighted by Gasteiger charge is -2.30. The molecule has 0 unspecified atom stereocenters. The zero-order chi connectivity index (χ0) is 15.9. The second-order valence-corrected chi connectivity index (χ2v) is 6.37. The fraction of sp³-hybridized carbons (Fsp3) is 0.467. The van der Waals surface area contributed by atoms with E-state index in [1.54, 1.807) is 12.1 Å². The molecule has 0 aliphatic heterocycles. The lowest BCUT2D eigenvalue weighted by Crippen LogP contribution is -2.52. The normalized spacial score (nSPS) is 20.8. The van der Waals surface area contributed by atoms with Crippen molar-refractivity contribution in [3.8, 4) is 0 Å². The van der Waals surface area contributed by atoms with Crippen LogP contribution in [-0.4, -0.2) is 16.3 Å². The molecular weight excluding hydrogens is 319 g/mol. The van der Waals surface area contributed by atoms with Crippen molar-refractivity contribution in [3.63, 3.8) is 0 Å². The molecule has 0 aromatic heterocycles. The van der Waals surface area contributed by atoms with Gasteiger partial charge < -0.3 is 10.6 Å². The summed E-state index contributed by atoms with van der Waals surface area (Å²) in [4.78, 5) is 0. The number of rotatable bonds is 2. The van der Waals surface area contributed by atoms with Gasteiger partial charge in [-0.05, 0) is 67.5 Å². The first kappa shape index (κ1) is 16.9. The largest absolute Gasteiger partial charge is 0.358 e. The van der Waals surface area contributed by atoms with Gasteiger partial charge in [0, 0.05) is 11.7 Å². The van der Waals surface area contributed by atoms with Crippen molar-refractivity contribution in [1.82, 2.24) is 16.2 Å². The second-order valence-electron chi connectivity index (χ2n) is 5.55. The zero-order valence-corrected chi connectivity index (χ0v) is 14.1. The monoisotopic (exact) mass is 340 g/mol. The third-order valence-corrected chi connectivity index (χ3v) is 4.24. The molecule has 120 valence electrons. The minimum absolute atomic E-state index is 0.283. The molecule has 4 nitrogen and oxygen atoms in total. The van der Waals surface area contributed by atoms with E-state index >= 15 is 0 Å². The van der Waals surface area contributed by atoms with Gasteiger partial charge in [-0.1, -0.05) is 19.8 Å². The molecule has 7 heteroatoms. The van der Waals surface area contributed by atoms with Crippen molar-refractivity contribution < 1.29 is 4.39 Å². The number of hydrogen-bond acceptors (Lipinski definition) is 2. The number of hydrogen-bond donors (Lipinski definition) is 4. The summed E-state index contributed by atoms with van der Waals surface area (Å²) in [6.07, 6.45) is 4.91. The Hall–Kier alpha value is -1.47. The van der Waals surface area contributed by atoms with Gasteiger partial charge in [0.1, 0.15) is 5.82 Å². The molecule has 1 aliphatic carbocycles. The Morgan fingerprint density at radius 1 is 1.05 bits per heavy atom. The van der Waals surface area contributed by atoms with E-state index in [0.717, 1.165) is 6.42 Å². The molecule has 0 radical (unpaired) electrons. The molecule has 4 N–H and O–H groups in total. The van der Waals surface area contributed by atoms with Crippen molar-refractivity contribution in [3.05, 3.63) is 30.1 Å². The Balaban J connectivity index is 1.71. The van der Waals surface area contributed by atoms with E-state index in [4.69, 9.17) is 24.4 Å². The van der Waals surface area contributed by atoms with Crippen LogP contribution >= 0.6 is 24.4 Å². The lowest BCUT2D eigenvalue weighted by molar-refractivity contribution is 0.308. The first-order chi connectivity index (χ1) is 10.5. The molecule has 0 bridgehead atoms. The fourth-order valence-electron chi connectivity index (χ4n) is 2.54. The van der Waals surface area contributed by atoms with Gasteiger partial charge in [-0.3, -0.25) is 10.9 Å². The summed E-state index contributed by atoms with van der Waals surface area (Å²) in [7, 11) is 0. The smallest absolute Gasteiger partial charge is 0.189 e. The van der Waals surface area contributed by atoms with Crippen LogP contribution in [-0.2, 0) is 0 Å². The van der Waals surface area contributed by atoms with E-state index < -0.39 is 0 Å². The van der Waals surface area contributed by atoms with Crippen molar-refractivity contribution in [2.45, 2.75) is 38.6 Å². The minimum Gasteiger partial charge on any atom is -0.358 e. The van der Waals surface area contributed by atoms with Crippen LogP contribution < -0.4 is 21.5 Å². The molecule has 2 rings (SSSR count). The summed E-state index contributed by atoms with van der Waals surface area (Å²) in [5, 5.41) is 7.15. The molecular formula is C15H21FN4S2. The van der Waals surface area contributed by atoms with E-state index in [9.17, 15) is 4.39 Å². The minimum atomic E-state index is -0.283. The van der Waals surface area contributed by atoms with Crippen LogP contribution in [0.1, 0.15) is 32.6 Å². The van der Waals surface area contributed by atoms with E-state index in [1.165, 1.54) is 31.4 Å². The number of anilines is 1. The summed E-state index contributed by atoms with van der Waals surface area (Å²) in [6.45, 7) is 2.24. The maximum atomic E-state index is 12.8. The maximum absolute atomic E-state index is 12.8.